The Labute approximate surface area is 164 Å². The molecule has 0 radical (unpaired) electrons. The highest BCUT2D eigenvalue weighted by atomic mass is 16.5. The number of carbonyl (C=O) groups is 3. The Kier molecular flexibility index (Phi) is 6.09. The third-order valence-corrected chi connectivity index (χ3v) is 4.35. The maximum atomic E-state index is 12.4. The molecule has 0 unspecified atom stereocenters. The van der Waals surface area contributed by atoms with Gasteiger partial charge in [-0.05, 0) is 56.7 Å². The SMILES string of the molecule is CC(C)Oc1ccc(C(=O)OCC(=O)c2cccc(N3CCCC3=O)c2)cc1. The standard InChI is InChI=1S/C22H23NO5/c1-15(2)28-19-10-8-16(9-11-19)22(26)27-14-20(24)17-5-3-6-18(13-17)23-12-4-7-21(23)25/h3,5-6,8-11,13,15H,4,7,12,14H2,1-2H3. The van der Waals surface area contributed by atoms with Crippen molar-refractivity contribution in [2.45, 2.75) is 32.8 Å². The molecule has 0 aliphatic carbocycles. The minimum Gasteiger partial charge on any atom is -0.491 e. The molecule has 0 atom stereocenters. The van der Waals surface area contributed by atoms with Gasteiger partial charge in [-0.15, -0.1) is 0 Å². The lowest BCUT2D eigenvalue weighted by molar-refractivity contribution is -0.117. The molecule has 3 rings (SSSR count). The second-order valence-corrected chi connectivity index (χ2v) is 6.89. The quantitative estimate of drug-likeness (QED) is 0.541. The number of carbonyl (C=O) groups excluding carboxylic acids is 3. The molecule has 1 aliphatic rings. The van der Waals surface area contributed by atoms with E-state index in [2.05, 4.69) is 0 Å². The molecule has 28 heavy (non-hydrogen) atoms. The number of hydrogen-bond acceptors (Lipinski definition) is 5. The molecule has 1 aliphatic heterocycles. The van der Waals surface area contributed by atoms with E-state index in [1.54, 1.807) is 53.4 Å². The Morgan fingerprint density at radius 3 is 2.46 bits per heavy atom. The second kappa shape index (κ2) is 8.69. The number of esters is 1. The van der Waals surface area contributed by atoms with Gasteiger partial charge in [0.05, 0.1) is 11.7 Å². The van der Waals surface area contributed by atoms with Gasteiger partial charge < -0.3 is 14.4 Å². The molecular weight excluding hydrogens is 358 g/mol. The minimum absolute atomic E-state index is 0.0436. The third kappa shape index (κ3) is 4.76. The predicted octanol–water partition coefficient (Wildman–Crippen LogP) is 3.64. The molecule has 1 amide bonds. The molecule has 6 nitrogen and oxygen atoms in total. The molecule has 0 spiro atoms. The van der Waals surface area contributed by atoms with Crippen LogP contribution in [0, 0.1) is 0 Å². The number of Topliss-reactive ketones (excluding diaryl/α,β-unsaturated/α-hetero) is 1. The molecule has 1 heterocycles. The molecule has 0 N–H and O–H groups in total. The van der Waals surface area contributed by atoms with Crippen molar-refractivity contribution >= 4 is 23.3 Å². The summed E-state index contributed by atoms with van der Waals surface area (Å²) in [5.74, 6) is -0.172. The van der Waals surface area contributed by atoms with Crippen molar-refractivity contribution in [1.29, 1.82) is 0 Å². The molecule has 1 saturated heterocycles. The van der Waals surface area contributed by atoms with E-state index in [0.29, 0.717) is 35.5 Å². The molecule has 0 bridgehead atoms. The molecular formula is C22H23NO5. The predicted molar refractivity (Wildman–Crippen MR) is 105 cm³/mol. The van der Waals surface area contributed by atoms with Gasteiger partial charge in [0.15, 0.2) is 12.4 Å². The van der Waals surface area contributed by atoms with Gasteiger partial charge in [-0.25, -0.2) is 4.79 Å². The van der Waals surface area contributed by atoms with Gasteiger partial charge in [0.2, 0.25) is 5.91 Å². The number of anilines is 1. The summed E-state index contributed by atoms with van der Waals surface area (Å²) in [7, 11) is 0. The molecule has 2 aromatic rings. The summed E-state index contributed by atoms with van der Waals surface area (Å²) in [6.45, 7) is 4.13. The lowest BCUT2D eigenvalue weighted by Gasteiger charge is -2.16. The highest BCUT2D eigenvalue weighted by Gasteiger charge is 2.22. The number of nitrogens with zero attached hydrogens (tertiary/aromatic N) is 1. The van der Waals surface area contributed by atoms with Crippen molar-refractivity contribution in [2.75, 3.05) is 18.1 Å². The zero-order valence-corrected chi connectivity index (χ0v) is 16.0. The maximum Gasteiger partial charge on any atom is 0.338 e. The van der Waals surface area contributed by atoms with Crippen molar-refractivity contribution in [3.8, 4) is 5.75 Å². The van der Waals surface area contributed by atoms with Crippen molar-refractivity contribution in [1.82, 2.24) is 0 Å². The zero-order valence-electron chi connectivity index (χ0n) is 16.0. The number of ketones is 1. The van der Waals surface area contributed by atoms with Gasteiger partial charge in [-0.3, -0.25) is 9.59 Å². The summed E-state index contributed by atoms with van der Waals surface area (Å²) < 4.78 is 10.7. The zero-order chi connectivity index (χ0) is 20.1. The minimum atomic E-state index is -0.574. The van der Waals surface area contributed by atoms with Crippen LogP contribution < -0.4 is 9.64 Å². The molecule has 6 heteroatoms. The van der Waals surface area contributed by atoms with E-state index < -0.39 is 5.97 Å². The fraction of sp³-hybridized carbons (Fsp3) is 0.318. The first kappa shape index (κ1) is 19.6. The van der Waals surface area contributed by atoms with Gasteiger partial charge in [0.25, 0.3) is 0 Å². The third-order valence-electron chi connectivity index (χ3n) is 4.35. The number of rotatable bonds is 7. The summed E-state index contributed by atoms with van der Waals surface area (Å²) in [6, 6.07) is 13.4. The highest BCUT2D eigenvalue weighted by molar-refractivity contribution is 6.01. The fourth-order valence-corrected chi connectivity index (χ4v) is 3.01. The molecule has 0 aromatic heterocycles. The summed E-state index contributed by atoms with van der Waals surface area (Å²) in [5.41, 5.74) is 1.45. The normalized spacial score (nSPS) is 13.7. The van der Waals surface area contributed by atoms with Crippen molar-refractivity contribution in [3.05, 3.63) is 59.7 Å². The fourth-order valence-electron chi connectivity index (χ4n) is 3.01. The molecule has 0 saturated carbocycles. The largest absolute Gasteiger partial charge is 0.491 e. The van der Waals surface area contributed by atoms with Crippen LogP contribution in [0.25, 0.3) is 0 Å². The van der Waals surface area contributed by atoms with Gasteiger partial charge in [-0.2, -0.15) is 0 Å². The topological polar surface area (TPSA) is 72.9 Å². The monoisotopic (exact) mass is 381 g/mol. The summed E-state index contributed by atoms with van der Waals surface area (Å²) in [6.07, 6.45) is 1.38. The van der Waals surface area contributed by atoms with Crippen LogP contribution in [0.5, 0.6) is 5.75 Å². The van der Waals surface area contributed by atoms with Crippen LogP contribution in [0.15, 0.2) is 48.5 Å². The van der Waals surface area contributed by atoms with Crippen LogP contribution >= 0.6 is 0 Å². The van der Waals surface area contributed by atoms with E-state index in [9.17, 15) is 14.4 Å². The van der Waals surface area contributed by atoms with E-state index in [1.807, 2.05) is 13.8 Å². The number of benzene rings is 2. The van der Waals surface area contributed by atoms with Crippen molar-refractivity contribution in [3.63, 3.8) is 0 Å². The van der Waals surface area contributed by atoms with Gasteiger partial charge in [0.1, 0.15) is 5.75 Å². The lowest BCUT2D eigenvalue weighted by atomic mass is 10.1. The van der Waals surface area contributed by atoms with Crippen LogP contribution in [0.2, 0.25) is 0 Å². The average molecular weight is 381 g/mol. The first-order valence-electron chi connectivity index (χ1n) is 9.31. The van der Waals surface area contributed by atoms with Crippen LogP contribution in [0.1, 0.15) is 47.4 Å². The van der Waals surface area contributed by atoms with Crippen LogP contribution in [0.4, 0.5) is 5.69 Å². The van der Waals surface area contributed by atoms with E-state index in [4.69, 9.17) is 9.47 Å². The van der Waals surface area contributed by atoms with Crippen LogP contribution in [0.3, 0.4) is 0 Å². The summed E-state index contributed by atoms with van der Waals surface area (Å²) in [5, 5.41) is 0. The summed E-state index contributed by atoms with van der Waals surface area (Å²) in [4.78, 5) is 38.1. The van der Waals surface area contributed by atoms with E-state index >= 15 is 0 Å². The maximum absolute atomic E-state index is 12.4. The Bertz CT molecular complexity index is 873. The van der Waals surface area contributed by atoms with Crippen LogP contribution in [-0.4, -0.2) is 36.9 Å². The van der Waals surface area contributed by atoms with Gasteiger partial charge >= 0.3 is 5.97 Å². The van der Waals surface area contributed by atoms with E-state index in [-0.39, 0.29) is 24.4 Å². The first-order valence-corrected chi connectivity index (χ1v) is 9.31. The highest BCUT2D eigenvalue weighted by Crippen LogP contribution is 2.22. The Morgan fingerprint density at radius 1 is 1.07 bits per heavy atom. The molecule has 2 aromatic carbocycles. The second-order valence-electron chi connectivity index (χ2n) is 6.89. The Hall–Kier alpha value is -3.15. The lowest BCUT2D eigenvalue weighted by Crippen LogP contribution is -2.24. The molecule has 1 fully saturated rings. The average Bonchev–Trinajstić information content (AvgIpc) is 3.12. The smallest absolute Gasteiger partial charge is 0.338 e. The number of hydrogen-bond donors (Lipinski definition) is 0. The Balaban J connectivity index is 1.59. The van der Waals surface area contributed by atoms with Crippen molar-refractivity contribution < 1.29 is 23.9 Å². The first-order chi connectivity index (χ1) is 13.4. The van der Waals surface area contributed by atoms with E-state index in [0.717, 1.165) is 6.42 Å². The number of amides is 1. The van der Waals surface area contributed by atoms with Gasteiger partial charge in [0, 0.05) is 24.2 Å². The van der Waals surface area contributed by atoms with Crippen molar-refractivity contribution in [2.24, 2.45) is 0 Å². The molecule has 146 valence electrons. The number of ether oxygens (including phenoxy) is 2. The Morgan fingerprint density at radius 2 is 1.82 bits per heavy atom. The van der Waals surface area contributed by atoms with Gasteiger partial charge in [-0.1, -0.05) is 12.1 Å². The van der Waals surface area contributed by atoms with Crippen LogP contribution in [-0.2, 0) is 9.53 Å². The van der Waals surface area contributed by atoms with E-state index in [1.165, 1.54) is 0 Å². The summed E-state index contributed by atoms with van der Waals surface area (Å²) >= 11 is 0.